The molecule has 21 heavy (non-hydrogen) atoms. The van der Waals surface area contributed by atoms with E-state index in [1.165, 1.54) is 13.8 Å². The molecule has 0 saturated heterocycles. The van der Waals surface area contributed by atoms with Crippen LogP contribution < -0.4 is 10.6 Å². The first-order chi connectivity index (χ1) is 9.66. The van der Waals surface area contributed by atoms with E-state index in [0.717, 1.165) is 0 Å². The van der Waals surface area contributed by atoms with Crippen molar-refractivity contribution in [3.63, 3.8) is 0 Å². The predicted octanol–water partition coefficient (Wildman–Crippen LogP) is -0.940. The van der Waals surface area contributed by atoms with Crippen LogP contribution in [-0.2, 0) is 19.2 Å². The number of hydrogen-bond donors (Lipinski definition) is 4. The zero-order valence-corrected chi connectivity index (χ0v) is 12.4. The number of ketones is 1. The van der Waals surface area contributed by atoms with Gasteiger partial charge in [0.2, 0.25) is 11.8 Å². The molecular weight excluding hydrogens is 280 g/mol. The molecule has 0 bridgehead atoms. The highest BCUT2D eigenvalue weighted by Crippen LogP contribution is 2.15. The Morgan fingerprint density at radius 3 is 2.19 bits per heavy atom. The third-order valence-corrected chi connectivity index (χ3v) is 2.97. The van der Waals surface area contributed by atoms with Crippen molar-refractivity contribution in [1.29, 1.82) is 0 Å². The quantitative estimate of drug-likeness (QED) is 0.406. The minimum atomic E-state index is -1.62. The van der Waals surface area contributed by atoms with Gasteiger partial charge in [-0.1, -0.05) is 6.92 Å². The van der Waals surface area contributed by atoms with Crippen molar-refractivity contribution in [1.82, 2.24) is 10.6 Å². The number of amides is 2. The van der Waals surface area contributed by atoms with Crippen LogP contribution in [-0.4, -0.2) is 53.0 Å². The van der Waals surface area contributed by atoms with Gasteiger partial charge < -0.3 is 20.8 Å². The van der Waals surface area contributed by atoms with E-state index in [0.29, 0.717) is 6.42 Å². The summed E-state index contributed by atoms with van der Waals surface area (Å²) in [4.78, 5) is 45.7. The Morgan fingerprint density at radius 1 is 1.19 bits per heavy atom. The zero-order chi connectivity index (χ0) is 16.6. The molecule has 120 valence electrons. The number of carbonyl (C=O) groups is 4. The van der Waals surface area contributed by atoms with Gasteiger partial charge in [-0.2, -0.15) is 0 Å². The van der Waals surface area contributed by atoms with Crippen LogP contribution in [0.2, 0.25) is 0 Å². The third kappa shape index (κ3) is 5.90. The summed E-state index contributed by atoms with van der Waals surface area (Å²) in [5.74, 6) is -3.10. The number of carboxylic acid groups (broad SMARTS) is 1. The van der Waals surface area contributed by atoms with Gasteiger partial charge in [-0.05, 0) is 20.3 Å². The summed E-state index contributed by atoms with van der Waals surface area (Å²) in [5, 5.41) is 22.5. The summed E-state index contributed by atoms with van der Waals surface area (Å²) in [5.41, 5.74) is -1.62. The summed E-state index contributed by atoms with van der Waals surface area (Å²) in [6, 6.07) is -1.16. The average Bonchev–Trinajstić information content (AvgIpc) is 2.41. The van der Waals surface area contributed by atoms with Crippen molar-refractivity contribution < 1.29 is 29.4 Å². The van der Waals surface area contributed by atoms with Crippen LogP contribution in [0.5, 0.6) is 0 Å². The Hall–Kier alpha value is -1.96. The molecule has 0 aliphatic rings. The molecule has 1 atom stereocenters. The van der Waals surface area contributed by atoms with E-state index in [1.54, 1.807) is 6.92 Å². The van der Waals surface area contributed by atoms with Crippen LogP contribution in [0.4, 0.5) is 0 Å². The minimum absolute atomic E-state index is 0.217. The lowest BCUT2D eigenvalue weighted by Crippen LogP contribution is -2.51. The summed E-state index contributed by atoms with van der Waals surface area (Å²) in [6.07, 6.45) is 0.811. The van der Waals surface area contributed by atoms with Crippen LogP contribution in [0.25, 0.3) is 0 Å². The maximum atomic E-state index is 11.7. The highest BCUT2D eigenvalue weighted by molar-refractivity contribution is 6.04. The Labute approximate surface area is 122 Å². The molecule has 2 amide bonds. The maximum Gasteiger partial charge on any atom is 0.316 e. The van der Waals surface area contributed by atoms with E-state index in [9.17, 15) is 19.2 Å². The van der Waals surface area contributed by atoms with Gasteiger partial charge in [0.15, 0.2) is 5.78 Å². The lowest BCUT2D eigenvalue weighted by atomic mass is 9.88. The molecule has 0 aliphatic heterocycles. The normalized spacial score (nSPS) is 12.4. The van der Waals surface area contributed by atoms with Gasteiger partial charge in [0.05, 0.1) is 13.2 Å². The molecule has 0 aliphatic carbocycles. The van der Waals surface area contributed by atoms with Crippen LogP contribution >= 0.6 is 0 Å². The maximum absolute atomic E-state index is 11.7. The summed E-state index contributed by atoms with van der Waals surface area (Å²) in [6.45, 7) is 3.16. The van der Waals surface area contributed by atoms with E-state index in [2.05, 4.69) is 10.6 Å². The number of aliphatic carboxylic acids is 1. The SMILES string of the molecule is CCCC(=O)NC(CO)C(=O)NCC(=O)C(C)(C)C(=O)O. The lowest BCUT2D eigenvalue weighted by molar-refractivity contribution is -0.152. The number of Topliss-reactive ketones (excluding diaryl/α,β-unsaturated/α-hetero) is 1. The zero-order valence-electron chi connectivity index (χ0n) is 12.4. The van der Waals surface area contributed by atoms with Gasteiger partial charge in [-0.15, -0.1) is 0 Å². The topological polar surface area (TPSA) is 133 Å². The highest BCUT2D eigenvalue weighted by Gasteiger charge is 2.35. The van der Waals surface area contributed by atoms with E-state index < -0.39 is 42.3 Å². The molecule has 0 rings (SSSR count). The van der Waals surface area contributed by atoms with E-state index in [4.69, 9.17) is 10.2 Å². The first-order valence-corrected chi connectivity index (χ1v) is 6.61. The summed E-state index contributed by atoms with van der Waals surface area (Å²) < 4.78 is 0. The molecule has 0 heterocycles. The Balaban J connectivity index is 4.50. The summed E-state index contributed by atoms with van der Waals surface area (Å²) in [7, 11) is 0. The molecule has 0 fully saturated rings. The Bertz CT molecular complexity index is 419. The lowest BCUT2D eigenvalue weighted by Gasteiger charge is -2.19. The van der Waals surface area contributed by atoms with Crippen LogP contribution in [0.3, 0.4) is 0 Å². The summed E-state index contributed by atoms with van der Waals surface area (Å²) >= 11 is 0. The van der Waals surface area contributed by atoms with Crippen molar-refractivity contribution in [3.8, 4) is 0 Å². The fraction of sp³-hybridized carbons (Fsp3) is 0.692. The standard InChI is InChI=1S/C13H22N2O6/c1-4-5-10(18)15-8(7-16)11(19)14-6-9(17)13(2,3)12(20)21/h8,16H,4-7H2,1-3H3,(H,14,19)(H,15,18)(H,20,21). The predicted molar refractivity (Wildman–Crippen MR) is 73.4 cm³/mol. The number of carboxylic acids is 1. The van der Waals surface area contributed by atoms with Crippen molar-refractivity contribution in [2.24, 2.45) is 5.41 Å². The molecule has 8 heteroatoms. The number of carbonyl (C=O) groups excluding carboxylic acids is 3. The van der Waals surface area contributed by atoms with Gasteiger partial charge in [-0.3, -0.25) is 19.2 Å². The molecular formula is C13H22N2O6. The van der Waals surface area contributed by atoms with Gasteiger partial charge in [0, 0.05) is 6.42 Å². The van der Waals surface area contributed by atoms with E-state index >= 15 is 0 Å². The highest BCUT2D eigenvalue weighted by atomic mass is 16.4. The fourth-order valence-electron chi connectivity index (χ4n) is 1.32. The molecule has 0 aromatic carbocycles. The Kier molecular flexibility index (Phi) is 7.57. The molecule has 0 aromatic rings. The van der Waals surface area contributed by atoms with Crippen LogP contribution in [0.1, 0.15) is 33.6 Å². The first kappa shape index (κ1) is 19.0. The third-order valence-electron chi connectivity index (χ3n) is 2.97. The number of rotatable bonds is 9. The second-order valence-corrected chi connectivity index (χ2v) is 5.12. The number of nitrogens with one attached hydrogen (secondary N) is 2. The largest absolute Gasteiger partial charge is 0.481 e. The minimum Gasteiger partial charge on any atom is -0.481 e. The van der Waals surface area contributed by atoms with Gasteiger partial charge in [0.25, 0.3) is 0 Å². The monoisotopic (exact) mass is 302 g/mol. The molecule has 0 spiro atoms. The molecule has 4 N–H and O–H groups in total. The van der Waals surface area contributed by atoms with E-state index in [-0.39, 0.29) is 12.3 Å². The molecule has 8 nitrogen and oxygen atoms in total. The van der Waals surface area contributed by atoms with Gasteiger partial charge >= 0.3 is 5.97 Å². The van der Waals surface area contributed by atoms with E-state index in [1.807, 2.05) is 0 Å². The molecule has 1 unspecified atom stereocenters. The van der Waals surface area contributed by atoms with Crippen molar-refractivity contribution >= 4 is 23.6 Å². The second-order valence-electron chi connectivity index (χ2n) is 5.12. The number of hydrogen-bond acceptors (Lipinski definition) is 5. The number of aliphatic hydroxyl groups is 1. The van der Waals surface area contributed by atoms with Crippen molar-refractivity contribution in [2.75, 3.05) is 13.2 Å². The fourth-order valence-corrected chi connectivity index (χ4v) is 1.32. The Morgan fingerprint density at radius 2 is 1.76 bits per heavy atom. The van der Waals surface area contributed by atoms with Crippen LogP contribution in [0, 0.1) is 5.41 Å². The molecule has 0 aromatic heterocycles. The molecule has 0 radical (unpaired) electrons. The smallest absolute Gasteiger partial charge is 0.316 e. The van der Waals surface area contributed by atoms with Gasteiger partial charge in [0.1, 0.15) is 11.5 Å². The van der Waals surface area contributed by atoms with Crippen LogP contribution in [0.15, 0.2) is 0 Å². The first-order valence-electron chi connectivity index (χ1n) is 6.61. The van der Waals surface area contributed by atoms with Gasteiger partial charge in [-0.25, -0.2) is 0 Å². The van der Waals surface area contributed by atoms with Crippen molar-refractivity contribution in [2.45, 2.75) is 39.7 Å². The van der Waals surface area contributed by atoms with Crippen molar-refractivity contribution in [3.05, 3.63) is 0 Å². The number of aliphatic hydroxyl groups excluding tert-OH is 1. The second kappa shape index (κ2) is 8.35. The average molecular weight is 302 g/mol. The molecule has 0 saturated carbocycles.